The second-order valence-electron chi connectivity index (χ2n) is 2.80. The van der Waals surface area contributed by atoms with E-state index in [4.69, 9.17) is 5.11 Å². The number of amides is 1. The molecule has 13 heavy (non-hydrogen) atoms. The average Bonchev–Trinajstić information content (AvgIpc) is 2.16. The quantitative estimate of drug-likeness (QED) is 0.737. The van der Waals surface area contributed by atoms with Gasteiger partial charge in [-0.1, -0.05) is 19.1 Å². The van der Waals surface area contributed by atoms with E-state index >= 15 is 0 Å². The Morgan fingerprint density at radius 2 is 2.00 bits per heavy atom. The van der Waals surface area contributed by atoms with Crippen LogP contribution in [0.5, 0.6) is 5.75 Å². The van der Waals surface area contributed by atoms with Crippen molar-refractivity contribution in [2.75, 3.05) is 0 Å². The van der Waals surface area contributed by atoms with Crippen LogP contribution in [0.15, 0.2) is 24.3 Å². The molecule has 70 valence electrons. The van der Waals surface area contributed by atoms with Crippen LogP contribution in [0, 0.1) is 0 Å². The van der Waals surface area contributed by atoms with E-state index in [-0.39, 0.29) is 11.7 Å². The van der Waals surface area contributed by atoms with Crippen LogP contribution in [-0.4, -0.2) is 11.0 Å². The molecule has 0 saturated carbocycles. The van der Waals surface area contributed by atoms with Gasteiger partial charge in [-0.3, -0.25) is 4.79 Å². The summed E-state index contributed by atoms with van der Waals surface area (Å²) in [6, 6.07) is 6.78. The summed E-state index contributed by atoms with van der Waals surface area (Å²) in [5, 5.41) is 11.7. The van der Waals surface area contributed by atoms with Crippen LogP contribution in [0.3, 0.4) is 0 Å². The summed E-state index contributed by atoms with van der Waals surface area (Å²) in [6.45, 7) is 2.33. The van der Waals surface area contributed by atoms with E-state index in [0.717, 1.165) is 5.56 Å². The smallest absolute Gasteiger partial charge is 0.219 e. The SMILES string of the molecule is CCC(=O)NCc1ccc(O)cc1. The minimum Gasteiger partial charge on any atom is -0.508 e. The zero-order valence-electron chi connectivity index (χ0n) is 7.58. The van der Waals surface area contributed by atoms with Crippen LogP contribution in [0.1, 0.15) is 18.9 Å². The topological polar surface area (TPSA) is 49.3 Å². The molecule has 1 aromatic carbocycles. The molecule has 3 nitrogen and oxygen atoms in total. The number of rotatable bonds is 3. The maximum absolute atomic E-state index is 10.9. The maximum atomic E-state index is 10.9. The maximum Gasteiger partial charge on any atom is 0.219 e. The highest BCUT2D eigenvalue weighted by Gasteiger charge is 1.96. The molecule has 0 radical (unpaired) electrons. The van der Waals surface area contributed by atoms with Crippen LogP contribution in [0.25, 0.3) is 0 Å². The Bertz CT molecular complexity index is 279. The number of phenols is 1. The molecule has 2 N–H and O–H groups in total. The van der Waals surface area contributed by atoms with Gasteiger partial charge in [0, 0.05) is 13.0 Å². The van der Waals surface area contributed by atoms with Crippen LogP contribution in [0.4, 0.5) is 0 Å². The lowest BCUT2D eigenvalue weighted by Gasteiger charge is -2.03. The summed E-state index contributed by atoms with van der Waals surface area (Å²) in [5.41, 5.74) is 0.986. The van der Waals surface area contributed by atoms with Gasteiger partial charge in [-0.2, -0.15) is 0 Å². The predicted molar refractivity (Wildman–Crippen MR) is 50.2 cm³/mol. The molecule has 1 rings (SSSR count). The fourth-order valence-corrected chi connectivity index (χ4v) is 0.939. The van der Waals surface area contributed by atoms with Gasteiger partial charge < -0.3 is 10.4 Å². The number of aromatic hydroxyl groups is 1. The largest absolute Gasteiger partial charge is 0.508 e. The Balaban J connectivity index is 2.46. The molecule has 0 aliphatic carbocycles. The summed E-state index contributed by atoms with van der Waals surface area (Å²) in [4.78, 5) is 10.9. The molecule has 0 aliphatic rings. The summed E-state index contributed by atoms with van der Waals surface area (Å²) < 4.78 is 0. The van der Waals surface area contributed by atoms with Gasteiger partial charge in [0.25, 0.3) is 0 Å². The van der Waals surface area contributed by atoms with E-state index in [0.29, 0.717) is 13.0 Å². The lowest BCUT2D eigenvalue weighted by Crippen LogP contribution is -2.21. The van der Waals surface area contributed by atoms with Crippen molar-refractivity contribution in [1.29, 1.82) is 0 Å². The number of hydrogen-bond donors (Lipinski definition) is 2. The van der Waals surface area contributed by atoms with E-state index in [2.05, 4.69) is 5.32 Å². The minimum absolute atomic E-state index is 0.0353. The third kappa shape index (κ3) is 3.15. The van der Waals surface area contributed by atoms with Crippen molar-refractivity contribution in [2.45, 2.75) is 19.9 Å². The molecule has 0 aliphatic heterocycles. The Labute approximate surface area is 77.4 Å². The van der Waals surface area contributed by atoms with Crippen molar-refractivity contribution < 1.29 is 9.90 Å². The molecule has 1 aromatic rings. The third-order valence-electron chi connectivity index (χ3n) is 1.75. The lowest BCUT2D eigenvalue weighted by atomic mass is 10.2. The Morgan fingerprint density at radius 3 is 2.54 bits per heavy atom. The van der Waals surface area contributed by atoms with Crippen molar-refractivity contribution in [2.24, 2.45) is 0 Å². The van der Waals surface area contributed by atoms with Gasteiger partial charge in [0.05, 0.1) is 0 Å². The average molecular weight is 179 g/mol. The van der Waals surface area contributed by atoms with Crippen LogP contribution in [0.2, 0.25) is 0 Å². The number of benzene rings is 1. The second kappa shape index (κ2) is 4.50. The molecule has 1 amide bonds. The van der Waals surface area contributed by atoms with E-state index in [9.17, 15) is 4.79 Å². The van der Waals surface area contributed by atoms with Crippen LogP contribution < -0.4 is 5.32 Å². The zero-order chi connectivity index (χ0) is 9.68. The zero-order valence-corrected chi connectivity index (χ0v) is 7.58. The number of carbonyl (C=O) groups excluding carboxylic acids is 1. The summed E-state index contributed by atoms with van der Waals surface area (Å²) in [6.07, 6.45) is 0.498. The highest BCUT2D eigenvalue weighted by molar-refractivity contribution is 5.75. The molecular formula is C10H13NO2. The molecule has 0 unspecified atom stereocenters. The van der Waals surface area contributed by atoms with E-state index in [1.54, 1.807) is 24.3 Å². The number of hydrogen-bond acceptors (Lipinski definition) is 2. The minimum atomic E-state index is 0.0353. The van der Waals surface area contributed by atoms with Crippen molar-refractivity contribution in [3.63, 3.8) is 0 Å². The first-order valence-corrected chi connectivity index (χ1v) is 4.27. The summed E-state index contributed by atoms with van der Waals surface area (Å²) >= 11 is 0. The first kappa shape index (κ1) is 9.58. The normalized spacial score (nSPS) is 9.62. The predicted octanol–water partition coefficient (Wildman–Crippen LogP) is 1.42. The van der Waals surface area contributed by atoms with E-state index in [1.165, 1.54) is 0 Å². The van der Waals surface area contributed by atoms with E-state index in [1.807, 2.05) is 6.92 Å². The van der Waals surface area contributed by atoms with Gasteiger partial charge in [0.2, 0.25) is 5.91 Å². The highest BCUT2D eigenvalue weighted by atomic mass is 16.3. The van der Waals surface area contributed by atoms with Gasteiger partial charge in [0.15, 0.2) is 0 Å². The third-order valence-corrected chi connectivity index (χ3v) is 1.75. The van der Waals surface area contributed by atoms with Gasteiger partial charge in [0.1, 0.15) is 5.75 Å². The molecule has 0 spiro atoms. The van der Waals surface area contributed by atoms with Gasteiger partial charge in [-0.05, 0) is 17.7 Å². The molecule has 0 atom stereocenters. The molecule has 0 aromatic heterocycles. The monoisotopic (exact) mass is 179 g/mol. The molecule has 0 bridgehead atoms. The number of carbonyl (C=O) groups is 1. The van der Waals surface area contributed by atoms with Crippen LogP contribution >= 0.6 is 0 Å². The Hall–Kier alpha value is -1.51. The Kier molecular flexibility index (Phi) is 3.31. The molecule has 3 heteroatoms. The highest BCUT2D eigenvalue weighted by Crippen LogP contribution is 2.08. The lowest BCUT2D eigenvalue weighted by molar-refractivity contribution is -0.120. The van der Waals surface area contributed by atoms with Crippen molar-refractivity contribution in [3.05, 3.63) is 29.8 Å². The van der Waals surface area contributed by atoms with Gasteiger partial charge >= 0.3 is 0 Å². The first-order chi connectivity index (χ1) is 6.22. The van der Waals surface area contributed by atoms with E-state index < -0.39 is 0 Å². The molecule has 0 fully saturated rings. The number of nitrogens with one attached hydrogen (secondary N) is 1. The summed E-state index contributed by atoms with van der Waals surface area (Å²) in [5.74, 6) is 0.277. The molecule has 0 saturated heterocycles. The standard InChI is InChI=1S/C10H13NO2/c1-2-10(13)11-7-8-3-5-9(12)6-4-8/h3-6,12H,2,7H2,1H3,(H,11,13). The number of phenolic OH excluding ortho intramolecular Hbond substituents is 1. The van der Waals surface area contributed by atoms with Crippen molar-refractivity contribution in [1.82, 2.24) is 5.32 Å². The molecule has 0 heterocycles. The fraction of sp³-hybridized carbons (Fsp3) is 0.300. The van der Waals surface area contributed by atoms with Gasteiger partial charge in [-0.15, -0.1) is 0 Å². The van der Waals surface area contributed by atoms with Crippen molar-refractivity contribution >= 4 is 5.91 Å². The fourth-order valence-electron chi connectivity index (χ4n) is 0.939. The first-order valence-electron chi connectivity index (χ1n) is 4.27. The van der Waals surface area contributed by atoms with Gasteiger partial charge in [-0.25, -0.2) is 0 Å². The van der Waals surface area contributed by atoms with Crippen LogP contribution in [-0.2, 0) is 11.3 Å². The second-order valence-corrected chi connectivity index (χ2v) is 2.80. The summed E-state index contributed by atoms with van der Waals surface area (Å²) in [7, 11) is 0. The van der Waals surface area contributed by atoms with Crippen molar-refractivity contribution in [3.8, 4) is 5.75 Å². The molecular weight excluding hydrogens is 166 g/mol. The Morgan fingerprint density at radius 1 is 1.38 bits per heavy atom.